The van der Waals surface area contributed by atoms with Crippen LogP contribution in [0.2, 0.25) is 0 Å². The van der Waals surface area contributed by atoms with Crippen molar-refractivity contribution in [2.24, 2.45) is 5.73 Å². The smallest absolute Gasteiger partial charge is 0.310 e. The molecule has 0 fully saturated rings. The van der Waals surface area contributed by atoms with Gasteiger partial charge >= 0.3 is 11.9 Å². The molecule has 1 rings (SSSR count). The SMILES string of the molecule is N=C(N)c1ccc(C(CCCCCC(=O)O)C(=O)O)cc1. The third kappa shape index (κ3) is 5.64. The van der Waals surface area contributed by atoms with Crippen LogP contribution >= 0.6 is 0 Å². The molecule has 1 unspecified atom stereocenters. The maximum Gasteiger partial charge on any atom is 0.310 e. The van der Waals surface area contributed by atoms with E-state index >= 15 is 0 Å². The Labute approximate surface area is 123 Å². The van der Waals surface area contributed by atoms with E-state index in [0.29, 0.717) is 36.8 Å². The zero-order valence-corrected chi connectivity index (χ0v) is 11.7. The Morgan fingerprint density at radius 2 is 1.71 bits per heavy atom. The first-order valence-corrected chi connectivity index (χ1v) is 6.80. The van der Waals surface area contributed by atoms with Gasteiger partial charge in [-0.2, -0.15) is 0 Å². The molecule has 1 atom stereocenters. The molecule has 0 spiro atoms. The monoisotopic (exact) mass is 292 g/mol. The maximum absolute atomic E-state index is 11.3. The Hall–Kier alpha value is -2.37. The van der Waals surface area contributed by atoms with E-state index in [1.165, 1.54) is 0 Å². The number of carbonyl (C=O) groups is 2. The molecule has 0 saturated heterocycles. The minimum atomic E-state index is -0.899. The van der Waals surface area contributed by atoms with Crippen molar-refractivity contribution in [1.29, 1.82) is 5.41 Å². The van der Waals surface area contributed by atoms with Gasteiger partial charge < -0.3 is 15.9 Å². The highest BCUT2D eigenvalue weighted by Gasteiger charge is 2.19. The molecule has 0 heterocycles. The van der Waals surface area contributed by atoms with Crippen LogP contribution < -0.4 is 5.73 Å². The van der Waals surface area contributed by atoms with Gasteiger partial charge in [-0.1, -0.05) is 37.1 Å². The van der Waals surface area contributed by atoms with E-state index in [9.17, 15) is 14.7 Å². The summed E-state index contributed by atoms with van der Waals surface area (Å²) in [6, 6.07) is 6.62. The molecule has 1 aromatic rings. The molecule has 0 aliphatic heterocycles. The molecule has 5 N–H and O–H groups in total. The van der Waals surface area contributed by atoms with Crippen molar-refractivity contribution < 1.29 is 19.8 Å². The summed E-state index contributed by atoms with van der Waals surface area (Å²) in [5, 5.41) is 25.1. The Balaban J connectivity index is 2.58. The number of carboxylic acids is 2. The van der Waals surface area contributed by atoms with Gasteiger partial charge in [-0.3, -0.25) is 15.0 Å². The fraction of sp³-hybridized carbons (Fsp3) is 0.400. The van der Waals surface area contributed by atoms with Crippen LogP contribution in [0.15, 0.2) is 24.3 Å². The Kier molecular flexibility index (Phi) is 6.39. The Morgan fingerprint density at radius 1 is 1.10 bits per heavy atom. The van der Waals surface area contributed by atoms with Crippen molar-refractivity contribution in [3.05, 3.63) is 35.4 Å². The van der Waals surface area contributed by atoms with E-state index < -0.39 is 17.9 Å². The van der Waals surface area contributed by atoms with Crippen LogP contribution in [0.1, 0.15) is 49.1 Å². The zero-order valence-electron chi connectivity index (χ0n) is 11.7. The van der Waals surface area contributed by atoms with Crippen LogP contribution in [0.4, 0.5) is 0 Å². The zero-order chi connectivity index (χ0) is 15.8. The quantitative estimate of drug-likeness (QED) is 0.315. The summed E-state index contributed by atoms with van der Waals surface area (Å²) in [6.45, 7) is 0. The van der Waals surface area contributed by atoms with Crippen molar-refractivity contribution in [1.82, 2.24) is 0 Å². The van der Waals surface area contributed by atoms with E-state index in [1.807, 2.05) is 0 Å². The summed E-state index contributed by atoms with van der Waals surface area (Å²) in [5.41, 5.74) is 6.59. The normalized spacial score (nSPS) is 11.8. The van der Waals surface area contributed by atoms with E-state index in [1.54, 1.807) is 24.3 Å². The number of unbranched alkanes of at least 4 members (excludes halogenated alkanes) is 2. The summed E-state index contributed by atoms with van der Waals surface area (Å²) in [4.78, 5) is 21.7. The number of carboxylic acid groups (broad SMARTS) is 2. The topological polar surface area (TPSA) is 124 Å². The highest BCUT2D eigenvalue weighted by molar-refractivity contribution is 5.95. The molecule has 0 amide bonds. The van der Waals surface area contributed by atoms with E-state index in [2.05, 4.69) is 0 Å². The van der Waals surface area contributed by atoms with Gasteiger partial charge in [-0.25, -0.2) is 0 Å². The van der Waals surface area contributed by atoms with Crippen LogP contribution in [-0.4, -0.2) is 28.0 Å². The van der Waals surface area contributed by atoms with Crippen molar-refractivity contribution in [3.63, 3.8) is 0 Å². The lowest BCUT2D eigenvalue weighted by molar-refractivity contribution is -0.139. The molecule has 6 heteroatoms. The average molecular weight is 292 g/mol. The van der Waals surface area contributed by atoms with E-state index in [-0.39, 0.29) is 12.3 Å². The lowest BCUT2D eigenvalue weighted by Crippen LogP contribution is -2.14. The number of nitrogens with two attached hydrogens (primary N) is 1. The third-order valence-corrected chi connectivity index (χ3v) is 3.31. The molecule has 1 aromatic carbocycles. The second-order valence-electron chi connectivity index (χ2n) is 4.92. The number of amidine groups is 1. The second kappa shape index (κ2) is 8.04. The van der Waals surface area contributed by atoms with Crippen LogP contribution in [-0.2, 0) is 9.59 Å². The van der Waals surface area contributed by atoms with Crippen LogP contribution in [0.5, 0.6) is 0 Å². The summed E-state index contributed by atoms with van der Waals surface area (Å²) >= 11 is 0. The highest BCUT2D eigenvalue weighted by Crippen LogP contribution is 2.23. The van der Waals surface area contributed by atoms with Crippen molar-refractivity contribution in [3.8, 4) is 0 Å². The molecule has 0 radical (unpaired) electrons. The first-order chi connectivity index (χ1) is 9.91. The van der Waals surface area contributed by atoms with Crippen LogP contribution in [0.25, 0.3) is 0 Å². The number of benzene rings is 1. The predicted molar refractivity (Wildman–Crippen MR) is 78.6 cm³/mol. The Morgan fingerprint density at radius 3 is 2.19 bits per heavy atom. The fourth-order valence-electron chi connectivity index (χ4n) is 2.13. The first kappa shape index (κ1) is 16.7. The molecule has 21 heavy (non-hydrogen) atoms. The molecule has 0 saturated carbocycles. The molecule has 0 aliphatic rings. The van der Waals surface area contributed by atoms with E-state index in [4.69, 9.17) is 16.2 Å². The number of aliphatic carboxylic acids is 2. The Bertz CT molecular complexity index is 511. The van der Waals surface area contributed by atoms with Gasteiger partial charge in [0.15, 0.2) is 0 Å². The molecule has 6 nitrogen and oxygen atoms in total. The number of hydrogen-bond donors (Lipinski definition) is 4. The first-order valence-electron chi connectivity index (χ1n) is 6.80. The fourth-order valence-corrected chi connectivity index (χ4v) is 2.13. The minimum absolute atomic E-state index is 0.0536. The standard InChI is InChI=1S/C15H20N2O4/c16-14(17)11-8-6-10(7-9-11)12(15(20)21)4-2-1-3-5-13(18)19/h6-9,12H,1-5H2,(H3,16,17)(H,18,19)(H,20,21). The van der Waals surface area contributed by atoms with Gasteiger partial charge in [0.05, 0.1) is 5.92 Å². The molecule has 0 bridgehead atoms. The van der Waals surface area contributed by atoms with Crippen molar-refractivity contribution in [2.75, 3.05) is 0 Å². The van der Waals surface area contributed by atoms with Crippen molar-refractivity contribution in [2.45, 2.75) is 38.0 Å². The van der Waals surface area contributed by atoms with Gasteiger partial charge in [0.25, 0.3) is 0 Å². The van der Waals surface area contributed by atoms with Gasteiger partial charge in [0, 0.05) is 12.0 Å². The number of hydrogen-bond acceptors (Lipinski definition) is 3. The second-order valence-corrected chi connectivity index (χ2v) is 4.92. The average Bonchev–Trinajstić information content (AvgIpc) is 2.42. The van der Waals surface area contributed by atoms with Gasteiger partial charge in [-0.05, 0) is 18.4 Å². The highest BCUT2D eigenvalue weighted by atomic mass is 16.4. The predicted octanol–water partition coefficient (Wildman–Crippen LogP) is 2.17. The van der Waals surface area contributed by atoms with Gasteiger partial charge in [0.1, 0.15) is 5.84 Å². The number of rotatable bonds is 9. The maximum atomic E-state index is 11.3. The summed E-state index contributed by atoms with van der Waals surface area (Å²) in [5.74, 6) is -2.40. The van der Waals surface area contributed by atoms with Gasteiger partial charge in [-0.15, -0.1) is 0 Å². The molecular weight excluding hydrogens is 272 g/mol. The number of nitrogens with one attached hydrogen (secondary N) is 1. The lowest BCUT2D eigenvalue weighted by atomic mass is 9.92. The largest absolute Gasteiger partial charge is 0.481 e. The van der Waals surface area contributed by atoms with Crippen molar-refractivity contribution >= 4 is 17.8 Å². The summed E-state index contributed by atoms with van der Waals surface area (Å²) < 4.78 is 0. The summed E-state index contributed by atoms with van der Waals surface area (Å²) in [7, 11) is 0. The van der Waals surface area contributed by atoms with Gasteiger partial charge in [0.2, 0.25) is 0 Å². The molecule has 0 aliphatic carbocycles. The third-order valence-electron chi connectivity index (χ3n) is 3.31. The summed E-state index contributed by atoms with van der Waals surface area (Å²) in [6.07, 6.45) is 2.50. The lowest BCUT2D eigenvalue weighted by Gasteiger charge is -2.13. The van der Waals surface area contributed by atoms with E-state index in [0.717, 1.165) is 0 Å². The molecular formula is C15H20N2O4. The van der Waals surface area contributed by atoms with Crippen LogP contribution in [0, 0.1) is 5.41 Å². The molecule has 114 valence electrons. The molecule has 0 aromatic heterocycles. The minimum Gasteiger partial charge on any atom is -0.481 e. The number of nitrogen functional groups attached to an aromatic ring is 1. The van der Waals surface area contributed by atoms with Crippen LogP contribution in [0.3, 0.4) is 0 Å².